The summed E-state index contributed by atoms with van der Waals surface area (Å²) in [7, 11) is 0. The second kappa shape index (κ2) is 5.98. The van der Waals surface area contributed by atoms with Crippen LogP contribution in [0.4, 0.5) is 5.69 Å². The number of rotatable bonds is 4. The molecule has 1 aromatic heterocycles. The molecule has 0 aliphatic heterocycles. The van der Waals surface area contributed by atoms with Crippen molar-refractivity contribution < 1.29 is 14.8 Å². The van der Waals surface area contributed by atoms with Crippen LogP contribution in [0.15, 0.2) is 34.9 Å². The van der Waals surface area contributed by atoms with Crippen LogP contribution in [0, 0.1) is 17.0 Å². The highest BCUT2D eigenvalue weighted by Crippen LogP contribution is 2.36. The highest BCUT2D eigenvalue weighted by Gasteiger charge is 2.17. The van der Waals surface area contributed by atoms with Crippen LogP contribution in [0.5, 0.6) is 11.6 Å². The molecule has 7 heteroatoms. The summed E-state index contributed by atoms with van der Waals surface area (Å²) in [4.78, 5) is 14.4. The third-order valence-electron chi connectivity index (χ3n) is 2.62. The number of aliphatic hydroxyl groups excluding tert-OH is 1. The smallest absolute Gasteiger partial charge is 0.287 e. The lowest BCUT2D eigenvalue weighted by Gasteiger charge is -2.09. The summed E-state index contributed by atoms with van der Waals surface area (Å²) in [5.74, 6) is 0.648. The van der Waals surface area contributed by atoms with Crippen molar-refractivity contribution >= 4 is 21.6 Å². The van der Waals surface area contributed by atoms with Gasteiger partial charge < -0.3 is 9.84 Å². The Morgan fingerprint density at radius 1 is 1.50 bits per heavy atom. The van der Waals surface area contributed by atoms with Gasteiger partial charge >= 0.3 is 0 Å². The van der Waals surface area contributed by atoms with E-state index >= 15 is 0 Å². The molecule has 0 aliphatic carbocycles. The topological polar surface area (TPSA) is 85.5 Å². The molecule has 1 heterocycles. The third-order valence-corrected chi connectivity index (χ3v) is 3.41. The van der Waals surface area contributed by atoms with Crippen molar-refractivity contribution in [2.75, 3.05) is 0 Å². The molecule has 0 unspecified atom stereocenters. The molecule has 0 saturated carbocycles. The Morgan fingerprint density at radius 2 is 2.25 bits per heavy atom. The molecule has 0 bridgehead atoms. The van der Waals surface area contributed by atoms with E-state index in [0.29, 0.717) is 17.2 Å². The van der Waals surface area contributed by atoms with Gasteiger partial charge in [-0.25, -0.2) is 4.98 Å². The van der Waals surface area contributed by atoms with Gasteiger partial charge in [0.25, 0.3) is 5.69 Å². The molecule has 20 heavy (non-hydrogen) atoms. The van der Waals surface area contributed by atoms with Crippen LogP contribution >= 0.6 is 15.9 Å². The standard InChI is InChI=1S/C13H11BrN2O4/c1-8-5-9(7-17)6-15-13(8)20-11-4-2-3-10(12(11)14)16(18)19/h2-6,17H,7H2,1H3. The number of pyridine rings is 1. The Labute approximate surface area is 123 Å². The molecular formula is C13H11BrN2O4. The van der Waals surface area contributed by atoms with Gasteiger partial charge in [0.1, 0.15) is 4.47 Å². The first kappa shape index (κ1) is 14.4. The Morgan fingerprint density at radius 3 is 2.85 bits per heavy atom. The average molecular weight is 339 g/mol. The molecule has 0 fully saturated rings. The van der Waals surface area contributed by atoms with Crippen molar-refractivity contribution in [3.8, 4) is 11.6 Å². The molecule has 104 valence electrons. The van der Waals surface area contributed by atoms with Gasteiger partial charge in [-0.3, -0.25) is 10.1 Å². The molecule has 0 spiro atoms. The molecule has 0 atom stereocenters. The monoisotopic (exact) mass is 338 g/mol. The largest absolute Gasteiger partial charge is 0.437 e. The number of aromatic nitrogens is 1. The Bertz CT molecular complexity index is 661. The number of aryl methyl sites for hydroxylation is 1. The van der Waals surface area contributed by atoms with Gasteiger partial charge in [0.2, 0.25) is 5.88 Å². The second-order valence-corrected chi connectivity index (χ2v) is 4.87. The fraction of sp³-hybridized carbons (Fsp3) is 0.154. The zero-order valence-corrected chi connectivity index (χ0v) is 12.1. The lowest BCUT2D eigenvalue weighted by atomic mass is 10.2. The maximum Gasteiger partial charge on any atom is 0.287 e. The van der Waals surface area contributed by atoms with Gasteiger partial charge in [-0.2, -0.15) is 0 Å². The molecule has 2 rings (SSSR count). The van der Waals surface area contributed by atoms with Crippen LogP contribution in [-0.2, 0) is 6.61 Å². The van der Waals surface area contributed by atoms with E-state index in [2.05, 4.69) is 20.9 Å². The molecule has 0 amide bonds. The summed E-state index contributed by atoms with van der Waals surface area (Å²) in [5.41, 5.74) is 1.33. The molecule has 0 radical (unpaired) electrons. The normalized spacial score (nSPS) is 10.3. The van der Waals surface area contributed by atoms with Crippen LogP contribution < -0.4 is 4.74 Å². The van der Waals surface area contributed by atoms with E-state index in [9.17, 15) is 10.1 Å². The van der Waals surface area contributed by atoms with E-state index in [4.69, 9.17) is 9.84 Å². The third kappa shape index (κ3) is 2.94. The van der Waals surface area contributed by atoms with E-state index in [-0.39, 0.29) is 16.8 Å². The second-order valence-electron chi connectivity index (χ2n) is 4.07. The number of benzene rings is 1. The molecule has 1 N–H and O–H groups in total. The van der Waals surface area contributed by atoms with Crippen molar-refractivity contribution in [3.63, 3.8) is 0 Å². The van der Waals surface area contributed by atoms with Crippen LogP contribution in [-0.4, -0.2) is 15.0 Å². The lowest BCUT2D eigenvalue weighted by molar-refractivity contribution is -0.385. The maximum absolute atomic E-state index is 10.9. The Hall–Kier alpha value is -1.99. The highest BCUT2D eigenvalue weighted by atomic mass is 79.9. The van der Waals surface area contributed by atoms with Crippen LogP contribution in [0.3, 0.4) is 0 Å². The molecular weight excluding hydrogens is 328 g/mol. The first-order chi connectivity index (χ1) is 9.52. The molecule has 6 nitrogen and oxygen atoms in total. The van der Waals surface area contributed by atoms with Gasteiger partial charge in [-0.15, -0.1) is 0 Å². The van der Waals surface area contributed by atoms with Gasteiger partial charge in [0.15, 0.2) is 5.75 Å². The number of aliphatic hydroxyl groups is 1. The van der Waals surface area contributed by atoms with Gasteiger partial charge in [0.05, 0.1) is 11.5 Å². The first-order valence-corrected chi connectivity index (χ1v) is 6.49. The quantitative estimate of drug-likeness (QED) is 0.682. The maximum atomic E-state index is 10.9. The summed E-state index contributed by atoms with van der Waals surface area (Å²) in [5, 5.41) is 19.9. The zero-order valence-electron chi connectivity index (χ0n) is 10.5. The number of hydrogen-bond donors (Lipinski definition) is 1. The molecule has 0 aliphatic rings. The van der Waals surface area contributed by atoms with Crippen LogP contribution in [0.1, 0.15) is 11.1 Å². The minimum absolute atomic E-state index is 0.0767. The molecule has 2 aromatic rings. The summed E-state index contributed by atoms with van der Waals surface area (Å²) in [6, 6.07) is 6.27. The van der Waals surface area contributed by atoms with Gasteiger partial charge in [-0.1, -0.05) is 6.07 Å². The summed E-state index contributed by atoms with van der Waals surface area (Å²) in [6.07, 6.45) is 1.49. The van der Waals surface area contributed by atoms with Crippen molar-refractivity contribution in [1.29, 1.82) is 0 Å². The number of halogens is 1. The Balaban J connectivity index is 2.35. The minimum atomic E-state index is -0.494. The zero-order chi connectivity index (χ0) is 14.7. The SMILES string of the molecule is Cc1cc(CO)cnc1Oc1cccc([N+](=O)[O-])c1Br. The number of nitro groups is 1. The fourth-order valence-corrected chi connectivity index (χ4v) is 2.13. The molecule has 1 aromatic carbocycles. The van der Waals surface area contributed by atoms with E-state index in [0.717, 1.165) is 5.56 Å². The number of ether oxygens (including phenoxy) is 1. The van der Waals surface area contributed by atoms with Gasteiger partial charge in [0, 0.05) is 17.8 Å². The minimum Gasteiger partial charge on any atom is -0.437 e. The first-order valence-electron chi connectivity index (χ1n) is 5.70. The van der Waals surface area contributed by atoms with Crippen molar-refractivity contribution in [2.24, 2.45) is 0 Å². The summed E-state index contributed by atoms with van der Waals surface area (Å²) in [6.45, 7) is 1.68. The van der Waals surface area contributed by atoms with E-state index in [1.807, 2.05) is 0 Å². The fourth-order valence-electron chi connectivity index (χ4n) is 1.64. The van der Waals surface area contributed by atoms with Gasteiger partial charge in [-0.05, 0) is 40.5 Å². The van der Waals surface area contributed by atoms with Crippen molar-refractivity contribution in [1.82, 2.24) is 4.98 Å². The van der Waals surface area contributed by atoms with E-state index in [1.54, 1.807) is 19.1 Å². The number of nitro benzene ring substituents is 1. The van der Waals surface area contributed by atoms with E-state index < -0.39 is 4.92 Å². The molecule has 0 saturated heterocycles. The van der Waals surface area contributed by atoms with Crippen LogP contribution in [0.2, 0.25) is 0 Å². The summed E-state index contributed by atoms with van der Waals surface area (Å²) < 4.78 is 5.85. The van der Waals surface area contributed by atoms with Crippen molar-refractivity contribution in [3.05, 3.63) is 56.2 Å². The number of nitrogens with zero attached hydrogens (tertiary/aromatic N) is 2. The Kier molecular flexibility index (Phi) is 4.31. The predicted octanol–water partition coefficient (Wildman–Crippen LogP) is 3.35. The summed E-state index contributed by atoms with van der Waals surface area (Å²) >= 11 is 3.16. The average Bonchev–Trinajstić information content (AvgIpc) is 2.42. The number of hydrogen-bond acceptors (Lipinski definition) is 5. The van der Waals surface area contributed by atoms with Crippen molar-refractivity contribution in [2.45, 2.75) is 13.5 Å². The van der Waals surface area contributed by atoms with E-state index in [1.165, 1.54) is 18.3 Å². The highest BCUT2D eigenvalue weighted by molar-refractivity contribution is 9.10. The predicted molar refractivity (Wildman–Crippen MR) is 75.8 cm³/mol. The lowest BCUT2D eigenvalue weighted by Crippen LogP contribution is -1.96. The van der Waals surface area contributed by atoms with Crippen LogP contribution in [0.25, 0.3) is 0 Å².